The maximum atomic E-state index is 13.2. The molecule has 1 aromatic rings. The number of alkyl halides is 1. The lowest BCUT2D eigenvalue weighted by molar-refractivity contribution is -0.117. The normalized spacial score (nSPS) is 9.69. The maximum absolute atomic E-state index is 13.2. The topological polar surface area (TPSA) is 58.2 Å². The van der Waals surface area contributed by atoms with Crippen molar-refractivity contribution in [2.75, 3.05) is 11.2 Å². The monoisotopic (exact) mass is 264 g/mol. The summed E-state index contributed by atoms with van der Waals surface area (Å²) in [5, 5.41) is 4.03. The molecule has 0 bridgehead atoms. The van der Waals surface area contributed by atoms with Crippen molar-refractivity contribution in [3.8, 4) is 0 Å². The molecule has 0 radical (unpaired) electrons. The molecule has 86 valence electrons. The lowest BCUT2D eigenvalue weighted by Gasteiger charge is -2.07. The van der Waals surface area contributed by atoms with Crippen LogP contribution in [0.3, 0.4) is 0 Å². The number of hydrogen-bond acceptors (Lipinski definition) is 2. The Morgan fingerprint density at radius 3 is 2.62 bits per heavy atom. The Morgan fingerprint density at radius 1 is 1.38 bits per heavy atom. The molecule has 0 spiro atoms. The number of nitrogens with one attached hydrogen (secondary N) is 2. The van der Waals surface area contributed by atoms with E-state index < -0.39 is 17.8 Å². The van der Waals surface area contributed by atoms with E-state index >= 15 is 0 Å². The van der Waals surface area contributed by atoms with Crippen LogP contribution in [0.25, 0.3) is 0 Å². The third-order valence-corrected chi connectivity index (χ3v) is 2.13. The Morgan fingerprint density at radius 2 is 2.06 bits per heavy atom. The van der Waals surface area contributed by atoms with E-state index in [4.69, 9.17) is 23.2 Å². The first kappa shape index (κ1) is 12.7. The van der Waals surface area contributed by atoms with Crippen LogP contribution in [-0.4, -0.2) is 17.8 Å². The molecule has 0 aliphatic rings. The largest absolute Gasteiger partial charge is 0.326 e. The Balaban J connectivity index is 2.73. The van der Waals surface area contributed by atoms with Gasteiger partial charge >= 0.3 is 6.03 Å². The molecule has 16 heavy (non-hydrogen) atoms. The number of urea groups is 1. The van der Waals surface area contributed by atoms with Gasteiger partial charge in [0, 0.05) is 0 Å². The van der Waals surface area contributed by atoms with Crippen LogP contribution in [0.1, 0.15) is 0 Å². The quantitative estimate of drug-likeness (QED) is 0.806. The lowest BCUT2D eigenvalue weighted by atomic mass is 10.3. The van der Waals surface area contributed by atoms with E-state index in [2.05, 4.69) is 5.32 Å². The van der Waals surface area contributed by atoms with Crippen LogP contribution in [0.4, 0.5) is 14.9 Å². The molecular weight excluding hydrogens is 258 g/mol. The number of hydrogen-bond donors (Lipinski definition) is 2. The fourth-order valence-electron chi connectivity index (χ4n) is 0.922. The van der Waals surface area contributed by atoms with E-state index in [-0.39, 0.29) is 16.6 Å². The minimum atomic E-state index is -0.891. The molecule has 0 aliphatic carbocycles. The van der Waals surface area contributed by atoms with Crippen LogP contribution >= 0.6 is 23.2 Å². The van der Waals surface area contributed by atoms with Gasteiger partial charge in [-0.05, 0) is 12.1 Å². The minimum absolute atomic E-state index is 0.0356. The average molecular weight is 265 g/mol. The highest BCUT2D eigenvalue weighted by Crippen LogP contribution is 2.24. The number of benzene rings is 1. The molecule has 3 amide bonds. The number of halogens is 3. The Kier molecular flexibility index (Phi) is 4.52. The van der Waals surface area contributed by atoms with E-state index in [1.807, 2.05) is 5.32 Å². The summed E-state index contributed by atoms with van der Waals surface area (Å²) in [6, 6.07) is 3.04. The van der Waals surface area contributed by atoms with Gasteiger partial charge in [-0.3, -0.25) is 10.1 Å². The van der Waals surface area contributed by atoms with Gasteiger partial charge in [0.2, 0.25) is 5.91 Å². The third-order valence-electron chi connectivity index (χ3n) is 1.58. The van der Waals surface area contributed by atoms with E-state index in [9.17, 15) is 14.0 Å². The van der Waals surface area contributed by atoms with Crippen LogP contribution < -0.4 is 10.6 Å². The number of para-hydroxylation sites is 1. The molecule has 7 heteroatoms. The van der Waals surface area contributed by atoms with Crippen LogP contribution in [0, 0.1) is 5.82 Å². The number of amides is 3. The summed E-state index contributed by atoms with van der Waals surface area (Å²) in [6.45, 7) is 0. The zero-order valence-corrected chi connectivity index (χ0v) is 9.40. The summed E-state index contributed by atoms with van der Waals surface area (Å²) in [7, 11) is 0. The standard InChI is InChI=1S/C9H7Cl2FN2O2/c10-4-7(15)13-9(16)14-8-5(11)2-1-3-6(8)12/h1-3H,4H2,(H2,13,14,15,16). The van der Waals surface area contributed by atoms with Crippen molar-refractivity contribution in [2.45, 2.75) is 0 Å². The van der Waals surface area contributed by atoms with Crippen molar-refractivity contribution in [1.29, 1.82) is 0 Å². The van der Waals surface area contributed by atoms with Crippen molar-refractivity contribution in [1.82, 2.24) is 5.32 Å². The molecular formula is C9H7Cl2FN2O2. The number of carbonyl (C=O) groups is 2. The third kappa shape index (κ3) is 3.36. The molecule has 2 N–H and O–H groups in total. The summed E-state index contributed by atoms with van der Waals surface area (Å²) in [5.74, 6) is -1.74. The molecule has 0 heterocycles. The van der Waals surface area contributed by atoms with Crippen LogP contribution in [-0.2, 0) is 4.79 Å². The highest BCUT2D eigenvalue weighted by molar-refractivity contribution is 6.34. The molecule has 0 saturated carbocycles. The second-order valence-electron chi connectivity index (χ2n) is 2.73. The van der Waals surface area contributed by atoms with Crippen molar-refractivity contribution < 1.29 is 14.0 Å². The molecule has 0 fully saturated rings. The number of imide groups is 1. The lowest BCUT2D eigenvalue weighted by Crippen LogP contribution is -2.35. The zero-order chi connectivity index (χ0) is 12.1. The van der Waals surface area contributed by atoms with Crippen molar-refractivity contribution in [3.63, 3.8) is 0 Å². The van der Waals surface area contributed by atoms with Crippen LogP contribution in [0.15, 0.2) is 18.2 Å². The van der Waals surface area contributed by atoms with Gasteiger partial charge in [0.15, 0.2) is 0 Å². The summed E-state index contributed by atoms with van der Waals surface area (Å²) < 4.78 is 13.2. The molecule has 0 unspecified atom stereocenters. The van der Waals surface area contributed by atoms with Gasteiger partial charge in [0.1, 0.15) is 11.7 Å². The summed E-state index contributed by atoms with van der Waals surface area (Å²) in [5.41, 5.74) is -0.191. The highest BCUT2D eigenvalue weighted by atomic mass is 35.5. The summed E-state index contributed by atoms with van der Waals surface area (Å²) in [4.78, 5) is 21.9. The molecule has 0 aromatic heterocycles. The molecule has 0 aliphatic heterocycles. The summed E-state index contributed by atoms with van der Waals surface area (Å²) >= 11 is 10.8. The molecule has 0 saturated heterocycles. The van der Waals surface area contributed by atoms with E-state index in [1.165, 1.54) is 12.1 Å². The van der Waals surface area contributed by atoms with E-state index in [1.54, 1.807) is 0 Å². The molecule has 1 rings (SSSR count). The number of carbonyl (C=O) groups excluding carboxylic acids is 2. The van der Waals surface area contributed by atoms with Gasteiger partial charge in [0.25, 0.3) is 0 Å². The van der Waals surface area contributed by atoms with Gasteiger partial charge in [-0.2, -0.15) is 0 Å². The van der Waals surface area contributed by atoms with Crippen molar-refractivity contribution in [2.24, 2.45) is 0 Å². The minimum Gasteiger partial charge on any atom is -0.304 e. The fourth-order valence-corrected chi connectivity index (χ4v) is 1.20. The molecule has 4 nitrogen and oxygen atoms in total. The van der Waals surface area contributed by atoms with Crippen LogP contribution in [0.2, 0.25) is 5.02 Å². The van der Waals surface area contributed by atoms with E-state index in [0.29, 0.717) is 0 Å². The Bertz CT molecular complexity index is 406. The van der Waals surface area contributed by atoms with Gasteiger partial charge in [-0.15, -0.1) is 11.6 Å². The molecule has 0 atom stereocenters. The fraction of sp³-hybridized carbons (Fsp3) is 0.111. The van der Waals surface area contributed by atoms with Gasteiger partial charge < -0.3 is 5.32 Å². The maximum Gasteiger partial charge on any atom is 0.326 e. The zero-order valence-electron chi connectivity index (χ0n) is 7.89. The first-order valence-corrected chi connectivity index (χ1v) is 5.06. The first-order chi connectivity index (χ1) is 7.54. The predicted molar refractivity (Wildman–Crippen MR) is 59.3 cm³/mol. The van der Waals surface area contributed by atoms with Gasteiger partial charge in [-0.1, -0.05) is 17.7 Å². The van der Waals surface area contributed by atoms with Crippen LogP contribution in [0.5, 0.6) is 0 Å². The second kappa shape index (κ2) is 5.67. The number of rotatable bonds is 2. The Hall–Kier alpha value is -1.33. The van der Waals surface area contributed by atoms with E-state index in [0.717, 1.165) is 6.07 Å². The average Bonchev–Trinajstić information content (AvgIpc) is 2.23. The number of anilines is 1. The predicted octanol–water partition coefficient (Wildman–Crippen LogP) is 2.37. The Labute approximate surface area is 101 Å². The van der Waals surface area contributed by atoms with Gasteiger partial charge in [0.05, 0.1) is 10.7 Å². The smallest absolute Gasteiger partial charge is 0.304 e. The van der Waals surface area contributed by atoms with Crippen molar-refractivity contribution in [3.05, 3.63) is 29.0 Å². The summed E-state index contributed by atoms with van der Waals surface area (Å²) in [6.07, 6.45) is 0. The van der Waals surface area contributed by atoms with Gasteiger partial charge in [-0.25, -0.2) is 9.18 Å². The first-order valence-electron chi connectivity index (χ1n) is 4.15. The second-order valence-corrected chi connectivity index (χ2v) is 3.41. The SMILES string of the molecule is O=C(CCl)NC(=O)Nc1c(F)cccc1Cl. The van der Waals surface area contributed by atoms with Crippen molar-refractivity contribution >= 4 is 40.8 Å². The highest BCUT2D eigenvalue weighted by Gasteiger charge is 2.12. The molecule has 1 aromatic carbocycles.